The summed E-state index contributed by atoms with van der Waals surface area (Å²) >= 11 is 0. The number of ether oxygens (including phenoxy) is 1. The molecule has 4 nitrogen and oxygen atoms in total. The molecule has 0 aliphatic heterocycles. The summed E-state index contributed by atoms with van der Waals surface area (Å²) in [5, 5.41) is 10.2. The molecule has 2 aromatic rings. The van der Waals surface area contributed by atoms with Gasteiger partial charge in [0.05, 0.1) is 30.3 Å². The van der Waals surface area contributed by atoms with Gasteiger partial charge in [0.25, 0.3) is 0 Å². The van der Waals surface area contributed by atoms with Crippen molar-refractivity contribution in [3.05, 3.63) is 72.0 Å². The molecule has 1 N–H and O–H groups in total. The lowest BCUT2D eigenvalue weighted by molar-refractivity contribution is -0.116. The lowest BCUT2D eigenvalue weighted by atomic mass is 10.0. The first kappa shape index (κ1) is 19.1. The Morgan fingerprint density at radius 2 is 1.88 bits per heavy atom. The second-order valence-corrected chi connectivity index (χ2v) is 7.21. The van der Waals surface area contributed by atoms with Crippen molar-refractivity contribution in [2.24, 2.45) is 0 Å². The van der Waals surface area contributed by atoms with Gasteiger partial charge in [0, 0.05) is 22.3 Å². The number of benzene rings is 2. The smallest absolute Gasteiger partial charge is 0.161 e. The lowest BCUT2D eigenvalue weighted by Gasteiger charge is -2.13. The van der Waals surface area contributed by atoms with Gasteiger partial charge in [0.15, 0.2) is 5.78 Å². The first-order chi connectivity index (χ1) is 12.0. The summed E-state index contributed by atoms with van der Waals surface area (Å²) in [6.07, 6.45) is 1.99. The highest BCUT2D eigenvalue weighted by Crippen LogP contribution is 2.22. The van der Waals surface area contributed by atoms with Crippen LogP contribution in [0.5, 0.6) is 0 Å². The monoisotopic (exact) mass is 358 g/mol. The van der Waals surface area contributed by atoms with Gasteiger partial charge in [-0.15, -0.1) is 0 Å². The molecule has 0 amide bonds. The van der Waals surface area contributed by atoms with Crippen LogP contribution in [-0.2, 0) is 26.8 Å². The van der Waals surface area contributed by atoms with E-state index in [1.54, 1.807) is 6.07 Å². The van der Waals surface area contributed by atoms with E-state index in [0.29, 0.717) is 9.79 Å². The van der Waals surface area contributed by atoms with Crippen LogP contribution in [0.3, 0.4) is 0 Å². The molecule has 0 bridgehead atoms. The minimum Gasteiger partial charge on any atom is -0.504 e. The summed E-state index contributed by atoms with van der Waals surface area (Å²) in [5.41, 5.74) is 1.88. The number of carbonyl (C=O) groups excluding carboxylic acids is 1. The molecule has 0 spiro atoms. The third-order valence-electron chi connectivity index (χ3n) is 3.69. The lowest BCUT2D eigenvalue weighted by Crippen LogP contribution is -2.16. The van der Waals surface area contributed by atoms with Crippen molar-refractivity contribution in [3.63, 3.8) is 0 Å². The maximum Gasteiger partial charge on any atom is 0.161 e. The van der Waals surface area contributed by atoms with E-state index in [-0.39, 0.29) is 18.6 Å². The van der Waals surface area contributed by atoms with Gasteiger partial charge >= 0.3 is 0 Å². The Hall–Kier alpha value is -2.24. The zero-order valence-electron chi connectivity index (χ0n) is 14.3. The minimum atomic E-state index is -1.33. The topological polar surface area (TPSA) is 63.6 Å². The summed E-state index contributed by atoms with van der Waals surface area (Å²) in [4.78, 5) is 13.1. The molecular weight excluding hydrogens is 336 g/mol. The number of allylic oxidation sites excluding steroid dienone is 1. The van der Waals surface area contributed by atoms with E-state index in [0.717, 1.165) is 11.1 Å². The van der Waals surface area contributed by atoms with Crippen molar-refractivity contribution in [1.82, 2.24) is 0 Å². The van der Waals surface area contributed by atoms with Crippen molar-refractivity contribution in [2.75, 3.05) is 7.11 Å². The number of carbonyl (C=O) groups is 1. The third kappa shape index (κ3) is 5.66. The average molecular weight is 358 g/mol. The molecule has 0 fully saturated rings. The van der Waals surface area contributed by atoms with Gasteiger partial charge in [0.2, 0.25) is 0 Å². The SMILES string of the molecule is CO/C=C/C(=O)C[C@H](O)Cc1ccccc1[S@@](=O)c1ccc(C)cc1. The van der Waals surface area contributed by atoms with Crippen LogP contribution >= 0.6 is 0 Å². The number of methoxy groups -OCH3 is 1. The summed E-state index contributed by atoms with van der Waals surface area (Å²) in [5.74, 6) is -0.216. The number of aryl methyl sites for hydroxylation is 1. The zero-order chi connectivity index (χ0) is 18.2. The molecule has 0 aliphatic rings. The van der Waals surface area contributed by atoms with Crippen molar-refractivity contribution in [3.8, 4) is 0 Å². The van der Waals surface area contributed by atoms with Gasteiger partial charge < -0.3 is 9.84 Å². The van der Waals surface area contributed by atoms with Gasteiger partial charge in [-0.3, -0.25) is 4.79 Å². The first-order valence-electron chi connectivity index (χ1n) is 7.98. The Balaban J connectivity index is 2.14. The number of hydrogen-bond acceptors (Lipinski definition) is 4. The number of ketones is 1. The predicted molar refractivity (Wildman–Crippen MR) is 97.8 cm³/mol. The quantitative estimate of drug-likeness (QED) is 0.581. The van der Waals surface area contributed by atoms with E-state index in [9.17, 15) is 14.1 Å². The molecular formula is C20H22O4S. The number of rotatable bonds is 8. The van der Waals surface area contributed by atoms with Crippen molar-refractivity contribution < 1.29 is 18.8 Å². The number of hydrogen-bond donors (Lipinski definition) is 1. The van der Waals surface area contributed by atoms with Crippen LogP contribution in [0.25, 0.3) is 0 Å². The fraction of sp³-hybridized carbons (Fsp3) is 0.250. The Kier molecular flexibility index (Phi) is 7.10. The summed E-state index contributed by atoms with van der Waals surface area (Å²) in [6.45, 7) is 1.98. The van der Waals surface area contributed by atoms with Crippen molar-refractivity contribution in [2.45, 2.75) is 35.7 Å². The Morgan fingerprint density at radius 1 is 1.20 bits per heavy atom. The molecule has 0 saturated carbocycles. The largest absolute Gasteiger partial charge is 0.504 e. The molecule has 0 radical (unpaired) electrons. The van der Waals surface area contributed by atoms with Crippen LogP contribution in [0.2, 0.25) is 0 Å². The third-order valence-corrected chi connectivity index (χ3v) is 5.19. The Bertz CT molecular complexity index is 766. The average Bonchev–Trinajstić information content (AvgIpc) is 2.60. The molecule has 25 heavy (non-hydrogen) atoms. The minimum absolute atomic E-state index is 0.00857. The second-order valence-electron chi connectivity index (χ2n) is 5.76. The number of aliphatic hydroxyl groups excluding tert-OH is 1. The highest BCUT2D eigenvalue weighted by atomic mass is 32.2. The van der Waals surface area contributed by atoms with Gasteiger partial charge in [0.1, 0.15) is 0 Å². The van der Waals surface area contributed by atoms with E-state index >= 15 is 0 Å². The Labute approximate surface area is 150 Å². The highest BCUT2D eigenvalue weighted by molar-refractivity contribution is 7.85. The maximum atomic E-state index is 12.9. The molecule has 0 heterocycles. The summed E-state index contributed by atoms with van der Waals surface area (Å²) in [6, 6.07) is 14.8. The Morgan fingerprint density at radius 3 is 2.56 bits per heavy atom. The molecule has 2 aromatic carbocycles. The molecule has 132 valence electrons. The van der Waals surface area contributed by atoms with Crippen LogP contribution in [0.15, 0.2) is 70.7 Å². The van der Waals surface area contributed by atoms with Crippen molar-refractivity contribution >= 4 is 16.6 Å². The zero-order valence-corrected chi connectivity index (χ0v) is 15.2. The standard InChI is InChI=1S/C20H22O4S/c1-15-7-9-19(10-8-15)25(23)20-6-4-3-5-16(20)13-18(22)14-17(21)11-12-24-2/h3-12,18,22H,13-14H2,1-2H3/b12-11+/t18-,25+/m1/s1. The molecule has 0 unspecified atom stereocenters. The van der Waals surface area contributed by atoms with Gasteiger partial charge in [-0.25, -0.2) is 4.21 Å². The fourth-order valence-corrected chi connectivity index (χ4v) is 3.64. The number of aliphatic hydroxyl groups is 1. The van der Waals surface area contributed by atoms with Crippen LogP contribution < -0.4 is 0 Å². The molecule has 0 aliphatic carbocycles. The van der Waals surface area contributed by atoms with E-state index in [4.69, 9.17) is 4.74 Å². The van der Waals surface area contributed by atoms with Crippen molar-refractivity contribution in [1.29, 1.82) is 0 Å². The molecule has 2 rings (SSSR count). The fourth-order valence-electron chi connectivity index (χ4n) is 2.41. The second kappa shape index (κ2) is 9.30. The summed E-state index contributed by atoms with van der Waals surface area (Å²) in [7, 11) is 0.125. The van der Waals surface area contributed by atoms with Gasteiger partial charge in [-0.05, 0) is 37.1 Å². The van der Waals surface area contributed by atoms with E-state index < -0.39 is 16.9 Å². The van der Waals surface area contributed by atoms with Crippen LogP contribution in [-0.4, -0.2) is 28.3 Å². The molecule has 0 saturated heterocycles. The van der Waals surface area contributed by atoms with Crippen LogP contribution in [0.1, 0.15) is 17.5 Å². The predicted octanol–water partition coefficient (Wildman–Crippen LogP) is 3.18. The summed E-state index contributed by atoms with van der Waals surface area (Å²) < 4.78 is 17.6. The van der Waals surface area contributed by atoms with E-state index in [2.05, 4.69) is 0 Å². The van der Waals surface area contributed by atoms with Crippen LogP contribution in [0.4, 0.5) is 0 Å². The van der Waals surface area contributed by atoms with E-state index in [1.165, 1.54) is 19.4 Å². The van der Waals surface area contributed by atoms with E-state index in [1.807, 2.05) is 49.4 Å². The maximum absolute atomic E-state index is 12.9. The normalized spacial score (nSPS) is 13.6. The van der Waals surface area contributed by atoms with Gasteiger partial charge in [-0.1, -0.05) is 35.9 Å². The van der Waals surface area contributed by atoms with Crippen LogP contribution in [0, 0.1) is 6.92 Å². The molecule has 0 aromatic heterocycles. The first-order valence-corrected chi connectivity index (χ1v) is 9.13. The van der Waals surface area contributed by atoms with Gasteiger partial charge in [-0.2, -0.15) is 0 Å². The molecule has 2 atom stereocenters. The molecule has 5 heteroatoms. The highest BCUT2D eigenvalue weighted by Gasteiger charge is 2.16.